The summed E-state index contributed by atoms with van der Waals surface area (Å²) in [5.74, 6) is 0.818. The Hall–Kier alpha value is -1.05. The molecule has 1 fully saturated rings. The second kappa shape index (κ2) is 7.41. The molecule has 5 heteroatoms. The Balaban J connectivity index is 1.96. The normalized spacial score (nSPS) is 18.0. The predicted octanol–water partition coefficient (Wildman–Crippen LogP) is 1.05. The summed E-state index contributed by atoms with van der Waals surface area (Å²) in [6.07, 6.45) is 0. The van der Waals surface area contributed by atoms with Crippen molar-refractivity contribution in [1.29, 1.82) is 0 Å². The molecule has 1 saturated heterocycles. The van der Waals surface area contributed by atoms with E-state index in [1.807, 2.05) is 6.07 Å². The summed E-state index contributed by atoms with van der Waals surface area (Å²) in [5.41, 5.74) is 4.35. The zero-order chi connectivity index (χ0) is 20.0. The maximum Gasteiger partial charge on any atom is 0.498 e. The molecule has 0 bridgehead atoms. The molecule has 0 saturated carbocycles. The van der Waals surface area contributed by atoms with Crippen LogP contribution in [0.4, 0.5) is 0 Å². The van der Waals surface area contributed by atoms with Crippen LogP contribution in [-0.2, 0) is 9.31 Å². The second-order valence-corrected chi connectivity index (χ2v) is 11.1. The number of aryl methyl sites for hydroxylation is 3. The van der Waals surface area contributed by atoms with Gasteiger partial charge in [0.2, 0.25) is 0 Å². The van der Waals surface area contributed by atoms with E-state index in [0.717, 1.165) is 11.2 Å². The van der Waals surface area contributed by atoms with E-state index in [1.165, 1.54) is 23.8 Å². The molecular weight excluding hydrogens is 450 g/mol. The van der Waals surface area contributed by atoms with Crippen molar-refractivity contribution in [1.82, 2.24) is 0 Å². The number of hydrogen-bond acceptors (Lipinski definition) is 3. The van der Waals surface area contributed by atoms with Crippen LogP contribution in [0.15, 0.2) is 30.3 Å². The largest absolute Gasteiger partial charge is 0.498 e. The van der Waals surface area contributed by atoms with E-state index in [4.69, 9.17) is 14.0 Å². The van der Waals surface area contributed by atoms with Gasteiger partial charge in [0.15, 0.2) is 7.14 Å². The van der Waals surface area contributed by atoms with Crippen LogP contribution in [0.5, 0.6) is 5.75 Å². The highest BCUT2D eigenvalue weighted by Gasteiger charge is 2.52. The molecule has 3 rings (SSSR count). The number of rotatable bonds is 4. The smallest absolute Gasteiger partial charge is 0.497 e. The van der Waals surface area contributed by atoms with Gasteiger partial charge in [-0.3, -0.25) is 0 Å². The average molecular weight is 479 g/mol. The third-order valence-corrected chi connectivity index (χ3v) is 9.02. The molecule has 144 valence electrons. The summed E-state index contributed by atoms with van der Waals surface area (Å²) < 4.78 is 21.0. The van der Waals surface area contributed by atoms with Crippen LogP contribution in [0.2, 0.25) is 0 Å². The molecule has 0 amide bonds. The first-order valence-corrected chi connectivity index (χ1v) is 11.5. The van der Waals surface area contributed by atoms with Gasteiger partial charge >= 0.3 is 28.3 Å². The van der Waals surface area contributed by atoms with Crippen LogP contribution in [0.1, 0.15) is 44.4 Å². The number of methoxy groups -OCH3 is 1. The maximum absolute atomic E-state index is 6.27. The molecule has 0 spiro atoms. The zero-order valence-electron chi connectivity index (χ0n) is 17.6. The van der Waals surface area contributed by atoms with Crippen LogP contribution >= 0.6 is 0 Å². The standard InChI is InChI=1S/C22H29BIO3/c1-14-11-15(2)20(16(3)12-14)24-17-9-10-19(25-8)18(13-17)23-26-21(4,5)22(6,7)27-23/h9-13H,1-8H3/q+1. The molecule has 3 nitrogen and oxygen atoms in total. The lowest BCUT2D eigenvalue weighted by Crippen LogP contribution is -3.62. The average Bonchev–Trinajstić information content (AvgIpc) is 2.78. The molecule has 2 aromatic rings. The Bertz CT molecular complexity index is 822. The van der Waals surface area contributed by atoms with E-state index in [0.29, 0.717) is 0 Å². The molecule has 0 radical (unpaired) electrons. The monoisotopic (exact) mass is 479 g/mol. The Labute approximate surface area is 174 Å². The Morgan fingerprint density at radius 1 is 0.889 bits per heavy atom. The quantitative estimate of drug-likeness (QED) is 0.485. The van der Waals surface area contributed by atoms with Gasteiger partial charge in [-0.25, -0.2) is 0 Å². The number of hydrogen-bond donors (Lipinski definition) is 0. The first kappa shape index (κ1) is 20.7. The summed E-state index contributed by atoms with van der Waals surface area (Å²) in [7, 11) is 1.29. The molecule has 1 heterocycles. The summed E-state index contributed by atoms with van der Waals surface area (Å²) in [6.45, 7) is 14.9. The van der Waals surface area contributed by atoms with Gasteiger partial charge in [-0.1, -0.05) is 17.7 Å². The third-order valence-electron chi connectivity index (χ3n) is 5.48. The van der Waals surface area contributed by atoms with Crippen molar-refractivity contribution < 1.29 is 35.3 Å². The van der Waals surface area contributed by atoms with Gasteiger partial charge in [0.25, 0.3) is 0 Å². The van der Waals surface area contributed by atoms with Crippen molar-refractivity contribution in [2.24, 2.45) is 0 Å². The fourth-order valence-corrected chi connectivity index (χ4v) is 5.97. The topological polar surface area (TPSA) is 27.7 Å². The first-order valence-electron chi connectivity index (χ1n) is 9.30. The Kier molecular flexibility index (Phi) is 5.68. The molecular formula is C22H29BIO3+. The zero-order valence-corrected chi connectivity index (χ0v) is 19.7. The van der Waals surface area contributed by atoms with Gasteiger partial charge in [0, 0.05) is 16.6 Å². The minimum absolute atomic E-state index is 0.293. The lowest BCUT2D eigenvalue weighted by atomic mass is 9.78. The molecule has 0 aromatic heterocycles. The molecule has 0 atom stereocenters. The first-order chi connectivity index (χ1) is 12.5. The Morgan fingerprint density at radius 2 is 1.44 bits per heavy atom. The highest BCUT2D eigenvalue weighted by molar-refractivity contribution is 6.63. The summed E-state index contributed by atoms with van der Waals surface area (Å²) in [6, 6.07) is 11.0. The van der Waals surface area contributed by atoms with E-state index in [1.54, 1.807) is 7.11 Å². The van der Waals surface area contributed by atoms with Crippen LogP contribution in [0, 0.1) is 27.9 Å². The summed E-state index contributed by atoms with van der Waals surface area (Å²) >= 11 is -0.293. The van der Waals surface area contributed by atoms with Gasteiger partial charge in [-0.15, -0.1) is 0 Å². The van der Waals surface area contributed by atoms with Gasteiger partial charge in [0.1, 0.15) is 5.75 Å². The lowest BCUT2D eigenvalue weighted by molar-refractivity contribution is -0.598. The van der Waals surface area contributed by atoms with E-state index in [9.17, 15) is 0 Å². The van der Waals surface area contributed by atoms with E-state index in [-0.39, 0.29) is 32.4 Å². The summed E-state index contributed by atoms with van der Waals surface area (Å²) in [4.78, 5) is 0. The number of ether oxygens (including phenoxy) is 1. The van der Waals surface area contributed by atoms with Crippen molar-refractivity contribution in [3.05, 3.63) is 54.2 Å². The van der Waals surface area contributed by atoms with Crippen molar-refractivity contribution in [3.63, 3.8) is 0 Å². The lowest BCUT2D eigenvalue weighted by Gasteiger charge is -2.32. The second-order valence-electron chi connectivity index (χ2n) is 8.28. The molecule has 0 aliphatic carbocycles. The van der Waals surface area contributed by atoms with Crippen molar-refractivity contribution >= 4 is 12.6 Å². The number of halogens is 1. The molecule has 27 heavy (non-hydrogen) atoms. The van der Waals surface area contributed by atoms with E-state index >= 15 is 0 Å². The molecule has 0 unspecified atom stereocenters. The maximum atomic E-state index is 6.27. The van der Waals surface area contributed by atoms with Crippen molar-refractivity contribution in [2.45, 2.75) is 59.7 Å². The third kappa shape index (κ3) is 4.05. The van der Waals surface area contributed by atoms with Crippen molar-refractivity contribution in [2.75, 3.05) is 7.11 Å². The van der Waals surface area contributed by atoms with Crippen molar-refractivity contribution in [3.8, 4) is 5.75 Å². The Morgan fingerprint density at radius 3 is 1.96 bits per heavy atom. The fraction of sp³-hybridized carbons (Fsp3) is 0.455. The van der Waals surface area contributed by atoms with Crippen LogP contribution < -0.4 is 31.4 Å². The predicted molar refractivity (Wildman–Crippen MR) is 107 cm³/mol. The van der Waals surface area contributed by atoms with E-state index < -0.39 is 7.12 Å². The van der Waals surface area contributed by atoms with Gasteiger partial charge in [-0.2, -0.15) is 0 Å². The van der Waals surface area contributed by atoms with Gasteiger partial charge in [0.05, 0.1) is 18.3 Å². The van der Waals surface area contributed by atoms with Crippen LogP contribution in [-0.4, -0.2) is 25.4 Å². The molecule has 2 aromatic carbocycles. The molecule has 1 aliphatic rings. The van der Waals surface area contributed by atoms with E-state index in [2.05, 4.69) is 72.7 Å². The molecule has 1 aliphatic heterocycles. The van der Waals surface area contributed by atoms with Gasteiger partial charge < -0.3 is 14.0 Å². The highest BCUT2D eigenvalue weighted by atomic mass is 127. The van der Waals surface area contributed by atoms with Crippen LogP contribution in [0.25, 0.3) is 0 Å². The minimum Gasteiger partial charge on any atom is -0.497 e. The van der Waals surface area contributed by atoms with Gasteiger partial charge in [-0.05, 0) is 66.7 Å². The number of benzene rings is 2. The SMILES string of the molecule is COc1ccc([I+]c2c(C)cc(C)cc2C)cc1B1OC(C)(C)C(C)(C)O1. The molecule has 0 N–H and O–H groups in total. The fourth-order valence-electron chi connectivity index (χ4n) is 3.34. The minimum atomic E-state index is -0.408. The highest BCUT2D eigenvalue weighted by Crippen LogP contribution is 2.37. The van der Waals surface area contributed by atoms with Crippen LogP contribution in [0.3, 0.4) is 0 Å². The summed E-state index contributed by atoms with van der Waals surface area (Å²) in [5, 5.41) is 0.